The predicted octanol–water partition coefficient (Wildman–Crippen LogP) is 1.24. The highest BCUT2D eigenvalue weighted by Crippen LogP contribution is 2.25. The van der Waals surface area contributed by atoms with Gasteiger partial charge in [0.15, 0.2) is 11.5 Å². The number of rotatable bonds is 3. The van der Waals surface area contributed by atoms with Crippen LogP contribution in [0.2, 0.25) is 0 Å². The van der Waals surface area contributed by atoms with E-state index in [1.807, 2.05) is 0 Å². The molecule has 1 aliphatic carbocycles. The van der Waals surface area contributed by atoms with E-state index in [1.54, 1.807) is 6.07 Å². The lowest BCUT2D eigenvalue weighted by Crippen LogP contribution is -2.50. The molecule has 2 heterocycles. The first kappa shape index (κ1) is 13.3. The summed E-state index contributed by atoms with van der Waals surface area (Å²) in [6.45, 7) is 4.01. The summed E-state index contributed by atoms with van der Waals surface area (Å²) < 4.78 is 0. The molecule has 0 bridgehead atoms. The molecule has 1 saturated heterocycles. The molecular formula is C14H20N4O2. The number of nitrogens with zero attached hydrogens (tertiary/aromatic N) is 4. The fourth-order valence-electron chi connectivity index (χ4n) is 3.19. The predicted molar refractivity (Wildman–Crippen MR) is 75.0 cm³/mol. The van der Waals surface area contributed by atoms with E-state index in [1.165, 1.54) is 31.7 Å². The van der Waals surface area contributed by atoms with E-state index in [0.717, 1.165) is 38.0 Å². The Balaban J connectivity index is 1.58. The number of aromatic carboxylic acids is 1. The van der Waals surface area contributed by atoms with Gasteiger partial charge in [0, 0.05) is 32.2 Å². The quantitative estimate of drug-likeness (QED) is 0.895. The molecule has 0 atom stereocenters. The smallest absolute Gasteiger partial charge is 0.356 e. The second-order valence-corrected chi connectivity index (χ2v) is 5.54. The number of hydrogen-bond donors (Lipinski definition) is 1. The molecule has 2 aliphatic rings. The zero-order valence-corrected chi connectivity index (χ0v) is 11.5. The van der Waals surface area contributed by atoms with Gasteiger partial charge in [-0.25, -0.2) is 4.79 Å². The first-order valence-corrected chi connectivity index (χ1v) is 7.30. The van der Waals surface area contributed by atoms with Crippen LogP contribution >= 0.6 is 0 Å². The van der Waals surface area contributed by atoms with Gasteiger partial charge in [-0.2, -0.15) is 0 Å². The minimum atomic E-state index is -1.03. The normalized spacial score (nSPS) is 21.3. The van der Waals surface area contributed by atoms with Crippen LogP contribution < -0.4 is 4.90 Å². The van der Waals surface area contributed by atoms with E-state index < -0.39 is 5.97 Å². The number of anilines is 1. The van der Waals surface area contributed by atoms with Gasteiger partial charge < -0.3 is 10.0 Å². The summed E-state index contributed by atoms with van der Waals surface area (Å²) in [6.07, 6.45) is 5.42. The first-order chi connectivity index (χ1) is 9.74. The minimum absolute atomic E-state index is 0.00154. The largest absolute Gasteiger partial charge is 0.476 e. The van der Waals surface area contributed by atoms with Crippen molar-refractivity contribution in [3.05, 3.63) is 17.8 Å². The van der Waals surface area contributed by atoms with E-state index in [4.69, 9.17) is 5.11 Å². The number of hydrogen-bond acceptors (Lipinski definition) is 5. The van der Waals surface area contributed by atoms with Crippen LogP contribution in [-0.4, -0.2) is 58.4 Å². The van der Waals surface area contributed by atoms with E-state index >= 15 is 0 Å². The number of carboxylic acids is 1. The van der Waals surface area contributed by atoms with Gasteiger partial charge in [-0.1, -0.05) is 12.8 Å². The van der Waals surface area contributed by atoms with Gasteiger partial charge in [-0.15, -0.1) is 10.2 Å². The van der Waals surface area contributed by atoms with Crippen molar-refractivity contribution in [2.45, 2.75) is 31.7 Å². The molecule has 3 rings (SSSR count). The third-order valence-corrected chi connectivity index (χ3v) is 4.35. The van der Waals surface area contributed by atoms with Crippen LogP contribution in [0, 0.1) is 0 Å². The van der Waals surface area contributed by atoms with Gasteiger partial charge in [0.25, 0.3) is 0 Å². The molecular weight excluding hydrogens is 256 g/mol. The van der Waals surface area contributed by atoms with Crippen molar-refractivity contribution in [1.29, 1.82) is 0 Å². The molecule has 1 aliphatic heterocycles. The zero-order chi connectivity index (χ0) is 13.9. The SMILES string of the molecule is O=C(O)c1ccc(N2CCN(C3CCCC3)CC2)nn1. The molecule has 0 amide bonds. The molecule has 1 aromatic rings. The number of carboxylic acid groups (broad SMARTS) is 1. The van der Waals surface area contributed by atoms with Gasteiger partial charge in [0.1, 0.15) is 0 Å². The minimum Gasteiger partial charge on any atom is -0.476 e. The Morgan fingerprint density at radius 2 is 1.80 bits per heavy atom. The van der Waals surface area contributed by atoms with Crippen molar-refractivity contribution in [1.82, 2.24) is 15.1 Å². The van der Waals surface area contributed by atoms with Crippen molar-refractivity contribution >= 4 is 11.8 Å². The molecule has 0 radical (unpaired) electrons. The average molecular weight is 276 g/mol. The molecule has 20 heavy (non-hydrogen) atoms. The highest BCUT2D eigenvalue weighted by Gasteiger charge is 2.26. The second kappa shape index (κ2) is 5.75. The Morgan fingerprint density at radius 3 is 2.35 bits per heavy atom. The summed E-state index contributed by atoms with van der Waals surface area (Å²) >= 11 is 0. The number of aromatic nitrogens is 2. The van der Waals surface area contributed by atoms with Crippen LogP contribution in [0.3, 0.4) is 0 Å². The van der Waals surface area contributed by atoms with Gasteiger partial charge in [-0.3, -0.25) is 4.90 Å². The van der Waals surface area contributed by atoms with Crippen LogP contribution in [0.25, 0.3) is 0 Å². The third-order valence-electron chi connectivity index (χ3n) is 4.35. The molecule has 2 fully saturated rings. The molecule has 6 heteroatoms. The average Bonchev–Trinajstić information content (AvgIpc) is 3.02. The Bertz CT molecular complexity index is 463. The van der Waals surface area contributed by atoms with Gasteiger partial charge in [0.05, 0.1) is 0 Å². The highest BCUT2D eigenvalue weighted by atomic mass is 16.4. The fraction of sp³-hybridized carbons (Fsp3) is 0.643. The molecule has 0 aromatic carbocycles. The number of carbonyl (C=O) groups is 1. The molecule has 1 saturated carbocycles. The Morgan fingerprint density at radius 1 is 1.10 bits per heavy atom. The van der Waals surface area contributed by atoms with E-state index in [0.29, 0.717) is 0 Å². The Labute approximate surface area is 118 Å². The monoisotopic (exact) mass is 276 g/mol. The second-order valence-electron chi connectivity index (χ2n) is 5.54. The van der Waals surface area contributed by atoms with Crippen LogP contribution in [0.5, 0.6) is 0 Å². The summed E-state index contributed by atoms with van der Waals surface area (Å²) in [7, 11) is 0. The van der Waals surface area contributed by atoms with Crippen LogP contribution in [0.1, 0.15) is 36.2 Å². The maximum atomic E-state index is 10.8. The summed E-state index contributed by atoms with van der Waals surface area (Å²) in [4.78, 5) is 15.5. The van der Waals surface area contributed by atoms with Crippen molar-refractivity contribution < 1.29 is 9.90 Å². The maximum Gasteiger partial charge on any atom is 0.356 e. The highest BCUT2D eigenvalue weighted by molar-refractivity contribution is 5.85. The van der Waals surface area contributed by atoms with Crippen LogP contribution in [0.4, 0.5) is 5.82 Å². The van der Waals surface area contributed by atoms with Crippen molar-refractivity contribution in [2.24, 2.45) is 0 Å². The lowest BCUT2D eigenvalue weighted by Gasteiger charge is -2.38. The molecule has 1 aromatic heterocycles. The Hall–Kier alpha value is -1.69. The lowest BCUT2D eigenvalue weighted by molar-refractivity contribution is 0.0689. The molecule has 0 unspecified atom stereocenters. The summed E-state index contributed by atoms with van der Waals surface area (Å²) in [5, 5.41) is 16.6. The van der Waals surface area contributed by atoms with Crippen molar-refractivity contribution in [2.75, 3.05) is 31.1 Å². The Kier molecular flexibility index (Phi) is 3.82. The fourth-order valence-corrected chi connectivity index (χ4v) is 3.19. The number of piperazine rings is 1. The van der Waals surface area contributed by atoms with Crippen molar-refractivity contribution in [3.8, 4) is 0 Å². The van der Waals surface area contributed by atoms with E-state index in [2.05, 4.69) is 20.0 Å². The van der Waals surface area contributed by atoms with Gasteiger partial charge >= 0.3 is 5.97 Å². The van der Waals surface area contributed by atoms with Crippen molar-refractivity contribution in [3.63, 3.8) is 0 Å². The molecule has 0 spiro atoms. The summed E-state index contributed by atoms with van der Waals surface area (Å²) in [5.41, 5.74) is -0.00154. The van der Waals surface area contributed by atoms with E-state index in [9.17, 15) is 4.79 Å². The third kappa shape index (κ3) is 2.75. The first-order valence-electron chi connectivity index (χ1n) is 7.30. The van der Waals surface area contributed by atoms with Crippen LogP contribution in [-0.2, 0) is 0 Å². The molecule has 6 nitrogen and oxygen atoms in total. The molecule has 1 N–H and O–H groups in total. The van der Waals surface area contributed by atoms with Gasteiger partial charge in [0.2, 0.25) is 0 Å². The standard InChI is InChI=1S/C14H20N4O2/c19-14(20)12-5-6-13(16-15-12)18-9-7-17(8-10-18)11-3-1-2-4-11/h5-6,11H,1-4,7-10H2,(H,19,20). The van der Waals surface area contributed by atoms with Gasteiger partial charge in [-0.05, 0) is 25.0 Å². The molecule has 108 valence electrons. The summed E-state index contributed by atoms with van der Waals surface area (Å²) in [5.74, 6) is -0.254. The maximum absolute atomic E-state index is 10.8. The lowest BCUT2D eigenvalue weighted by atomic mass is 10.2. The summed E-state index contributed by atoms with van der Waals surface area (Å²) in [6, 6.07) is 4.05. The topological polar surface area (TPSA) is 69.6 Å². The zero-order valence-electron chi connectivity index (χ0n) is 11.5. The van der Waals surface area contributed by atoms with E-state index in [-0.39, 0.29) is 5.69 Å². The van der Waals surface area contributed by atoms with Crippen LogP contribution in [0.15, 0.2) is 12.1 Å².